The first kappa shape index (κ1) is 8.11. The molecule has 0 bridgehead atoms. The molecule has 0 aromatic carbocycles. The number of piperidine rings is 1. The topological polar surface area (TPSA) is 71.1 Å². The number of aliphatic hydroxyl groups is 1. The highest BCUT2D eigenvalue weighted by Crippen LogP contribution is 2.30. The zero-order chi connectivity index (χ0) is 9.42. The fourth-order valence-corrected chi connectivity index (χ4v) is 2.03. The van der Waals surface area contributed by atoms with E-state index in [1.54, 1.807) is 0 Å². The summed E-state index contributed by atoms with van der Waals surface area (Å²) in [5, 5.41) is 26.0. The Bertz CT molecular complexity index is 326. The number of rotatable bonds is 0. The van der Waals surface area contributed by atoms with Crippen LogP contribution in [0.1, 0.15) is 19.3 Å². The van der Waals surface area contributed by atoms with Crippen LogP contribution in [0.4, 0.5) is 0 Å². The highest BCUT2D eigenvalue weighted by atomic mass is 16.3. The second kappa shape index (κ2) is 2.77. The van der Waals surface area contributed by atoms with E-state index < -0.39 is 0 Å². The third-order valence-corrected chi connectivity index (χ3v) is 2.71. The molecule has 0 unspecified atom stereocenters. The second-order valence-electron chi connectivity index (χ2n) is 3.43. The predicted molar refractivity (Wildman–Crippen MR) is 47.3 cm³/mol. The fraction of sp³-hybridized carbons (Fsp3) is 0.556. The van der Waals surface area contributed by atoms with Gasteiger partial charge in [-0.25, -0.2) is 0 Å². The van der Waals surface area contributed by atoms with Crippen LogP contribution in [-0.4, -0.2) is 28.4 Å². The van der Waals surface area contributed by atoms with Gasteiger partial charge >= 0.3 is 0 Å². The highest BCUT2D eigenvalue weighted by Gasteiger charge is 2.38. The van der Waals surface area contributed by atoms with Crippen molar-refractivity contribution in [1.82, 2.24) is 4.90 Å². The van der Waals surface area contributed by atoms with Gasteiger partial charge in [-0.3, -0.25) is 5.41 Å². The predicted octanol–water partition coefficient (Wildman–Crippen LogP) is 1.17. The summed E-state index contributed by atoms with van der Waals surface area (Å²) >= 11 is 0. The average Bonchev–Trinajstić information content (AvgIpc) is 2.41. The van der Waals surface area contributed by atoms with Crippen molar-refractivity contribution in [3.8, 4) is 6.07 Å². The van der Waals surface area contributed by atoms with Gasteiger partial charge in [0.2, 0.25) is 0 Å². The zero-order valence-electron chi connectivity index (χ0n) is 7.25. The molecule has 2 aliphatic rings. The maximum absolute atomic E-state index is 9.63. The van der Waals surface area contributed by atoms with Gasteiger partial charge < -0.3 is 10.0 Å². The van der Waals surface area contributed by atoms with Crippen LogP contribution in [0.2, 0.25) is 0 Å². The van der Waals surface area contributed by atoms with Crippen LogP contribution in [0.15, 0.2) is 11.3 Å². The van der Waals surface area contributed by atoms with E-state index >= 15 is 0 Å². The normalized spacial score (nSPS) is 27.5. The number of aliphatic hydroxyl groups excluding tert-OH is 1. The van der Waals surface area contributed by atoms with Crippen LogP contribution in [0.25, 0.3) is 0 Å². The molecule has 0 amide bonds. The van der Waals surface area contributed by atoms with Gasteiger partial charge in [-0.15, -0.1) is 0 Å². The van der Waals surface area contributed by atoms with Crippen molar-refractivity contribution in [1.29, 1.82) is 10.7 Å². The molecule has 0 radical (unpaired) electrons. The standard InChI is InChI=1S/C9H11N3O/c10-5-6-8(13)7-3-1-2-4-12(7)9(6)11/h7,11,13H,1-4H2/t7-/m1/s1. The Morgan fingerprint density at radius 3 is 2.92 bits per heavy atom. The molecule has 13 heavy (non-hydrogen) atoms. The van der Waals surface area contributed by atoms with Crippen molar-refractivity contribution in [2.75, 3.05) is 6.54 Å². The highest BCUT2D eigenvalue weighted by molar-refractivity contribution is 6.02. The van der Waals surface area contributed by atoms with Crippen molar-refractivity contribution in [3.63, 3.8) is 0 Å². The molecule has 0 aromatic heterocycles. The van der Waals surface area contributed by atoms with Crippen molar-refractivity contribution >= 4 is 5.84 Å². The zero-order valence-corrected chi connectivity index (χ0v) is 7.25. The van der Waals surface area contributed by atoms with E-state index in [2.05, 4.69) is 0 Å². The summed E-state index contributed by atoms with van der Waals surface area (Å²) in [5.41, 5.74) is 0.159. The van der Waals surface area contributed by atoms with Gasteiger partial charge in [-0.1, -0.05) is 0 Å². The second-order valence-corrected chi connectivity index (χ2v) is 3.43. The van der Waals surface area contributed by atoms with Crippen LogP contribution in [0.5, 0.6) is 0 Å². The number of amidine groups is 1. The van der Waals surface area contributed by atoms with Gasteiger partial charge in [0.25, 0.3) is 0 Å². The number of nitrogens with one attached hydrogen (secondary N) is 1. The summed E-state index contributed by atoms with van der Waals surface area (Å²) in [6.45, 7) is 0.790. The van der Waals surface area contributed by atoms with E-state index in [1.807, 2.05) is 11.0 Å². The molecule has 2 aliphatic heterocycles. The molecule has 2 heterocycles. The van der Waals surface area contributed by atoms with E-state index in [0.717, 1.165) is 25.8 Å². The minimum absolute atomic E-state index is 0.0871. The molecule has 4 heteroatoms. The molecule has 4 nitrogen and oxygen atoms in total. The van der Waals surface area contributed by atoms with Crippen LogP contribution in [-0.2, 0) is 0 Å². The van der Waals surface area contributed by atoms with E-state index in [1.165, 1.54) is 0 Å². The first-order valence-electron chi connectivity index (χ1n) is 4.44. The Kier molecular flexibility index (Phi) is 1.73. The van der Waals surface area contributed by atoms with Crippen LogP contribution in [0, 0.1) is 16.7 Å². The molecule has 1 saturated heterocycles. The van der Waals surface area contributed by atoms with Crippen LogP contribution < -0.4 is 0 Å². The quantitative estimate of drug-likeness (QED) is 0.583. The molecule has 68 valence electrons. The summed E-state index contributed by atoms with van der Waals surface area (Å²) in [4.78, 5) is 1.82. The number of hydrogen-bond donors (Lipinski definition) is 2. The third-order valence-electron chi connectivity index (χ3n) is 2.71. The average molecular weight is 177 g/mol. The number of fused-ring (bicyclic) bond motifs is 1. The summed E-state index contributed by atoms with van der Waals surface area (Å²) in [7, 11) is 0. The Morgan fingerprint density at radius 2 is 2.31 bits per heavy atom. The maximum Gasteiger partial charge on any atom is 0.143 e. The van der Waals surface area contributed by atoms with Crippen LogP contribution >= 0.6 is 0 Å². The molecule has 0 aromatic rings. The smallest absolute Gasteiger partial charge is 0.143 e. The lowest BCUT2D eigenvalue weighted by Gasteiger charge is -2.30. The van der Waals surface area contributed by atoms with Gasteiger partial charge in [0.15, 0.2) is 0 Å². The molecule has 1 fully saturated rings. The SMILES string of the molecule is N#CC1=C(O)[C@H]2CCCCN2C1=N. The molecule has 2 N–H and O–H groups in total. The summed E-state index contributed by atoms with van der Waals surface area (Å²) < 4.78 is 0. The Hall–Kier alpha value is -1.50. The molecule has 1 atom stereocenters. The van der Waals surface area contributed by atoms with Crippen molar-refractivity contribution in [2.24, 2.45) is 0 Å². The van der Waals surface area contributed by atoms with E-state index in [-0.39, 0.29) is 23.2 Å². The van der Waals surface area contributed by atoms with Crippen LogP contribution in [0.3, 0.4) is 0 Å². The van der Waals surface area contributed by atoms with E-state index in [9.17, 15) is 5.11 Å². The molecule has 2 rings (SSSR count). The van der Waals surface area contributed by atoms with Gasteiger partial charge in [-0.2, -0.15) is 5.26 Å². The number of nitrogens with zero attached hydrogens (tertiary/aromatic N) is 2. The maximum atomic E-state index is 9.63. The first-order valence-corrected chi connectivity index (χ1v) is 4.44. The Labute approximate surface area is 76.6 Å². The summed E-state index contributed by atoms with van der Waals surface area (Å²) in [6, 6.07) is 1.80. The lowest BCUT2D eigenvalue weighted by molar-refractivity contribution is 0.223. The minimum atomic E-state index is -0.0871. The monoisotopic (exact) mass is 177 g/mol. The lowest BCUT2D eigenvalue weighted by Crippen LogP contribution is -2.39. The van der Waals surface area contributed by atoms with E-state index in [4.69, 9.17) is 10.7 Å². The van der Waals surface area contributed by atoms with Gasteiger partial charge in [-0.05, 0) is 19.3 Å². The van der Waals surface area contributed by atoms with Crippen molar-refractivity contribution < 1.29 is 5.11 Å². The third kappa shape index (κ3) is 1.00. The molecular formula is C9H11N3O. The first-order chi connectivity index (χ1) is 6.25. The molecule has 0 saturated carbocycles. The number of nitriles is 1. The molecular weight excluding hydrogens is 166 g/mol. The molecule has 0 spiro atoms. The van der Waals surface area contributed by atoms with Gasteiger partial charge in [0, 0.05) is 6.54 Å². The summed E-state index contributed by atoms with van der Waals surface area (Å²) in [5.74, 6) is 0.303. The fourth-order valence-electron chi connectivity index (χ4n) is 2.03. The largest absolute Gasteiger partial charge is 0.509 e. The lowest BCUT2D eigenvalue weighted by atomic mass is 10.0. The van der Waals surface area contributed by atoms with Crippen molar-refractivity contribution in [2.45, 2.75) is 25.3 Å². The van der Waals surface area contributed by atoms with Crippen molar-refractivity contribution in [3.05, 3.63) is 11.3 Å². The van der Waals surface area contributed by atoms with Gasteiger partial charge in [0.1, 0.15) is 23.2 Å². The molecule has 0 aliphatic carbocycles. The summed E-state index contributed by atoms with van der Waals surface area (Å²) in [6.07, 6.45) is 2.97. The Morgan fingerprint density at radius 1 is 1.54 bits per heavy atom. The van der Waals surface area contributed by atoms with E-state index in [0.29, 0.717) is 0 Å². The Balaban J connectivity index is 2.35. The number of hydrogen-bond acceptors (Lipinski definition) is 3. The van der Waals surface area contributed by atoms with Gasteiger partial charge in [0.05, 0.1) is 6.04 Å². The minimum Gasteiger partial charge on any atom is -0.509 e.